The van der Waals surface area contributed by atoms with Gasteiger partial charge in [0.2, 0.25) is 5.79 Å². The molecule has 1 aromatic rings. The van der Waals surface area contributed by atoms with Gasteiger partial charge in [-0.1, -0.05) is 30.3 Å². The van der Waals surface area contributed by atoms with E-state index in [1.807, 2.05) is 30.3 Å². The van der Waals surface area contributed by atoms with Crippen LogP contribution in [-0.4, -0.2) is 23.0 Å². The topological polar surface area (TPSA) is 55.8 Å². The Balaban J connectivity index is 1.85. The van der Waals surface area contributed by atoms with Gasteiger partial charge in [0.15, 0.2) is 0 Å². The molecule has 1 aliphatic rings. The van der Waals surface area contributed by atoms with Crippen LogP contribution in [0.25, 0.3) is 0 Å². The summed E-state index contributed by atoms with van der Waals surface area (Å²) in [7, 11) is 0. The van der Waals surface area contributed by atoms with Gasteiger partial charge in [0.05, 0.1) is 12.2 Å². The summed E-state index contributed by atoms with van der Waals surface area (Å²) in [5.41, 5.74) is 1.19. The Morgan fingerprint density at radius 3 is 2.55 bits per heavy atom. The molecule has 1 heterocycles. The van der Waals surface area contributed by atoms with Gasteiger partial charge in [0.1, 0.15) is 5.76 Å². The predicted octanol–water partition coefficient (Wildman–Crippen LogP) is 2.56. The van der Waals surface area contributed by atoms with E-state index in [-0.39, 0.29) is 0 Å². The predicted molar refractivity (Wildman–Crippen MR) is 74.7 cm³/mol. The summed E-state index contributed by atoms with van der Waals surface area (Å²) in [5, 5.41) is 10.0. The van der Waals surface area contributed by atoms with Gasteiger partial charge >= 0.3 is 5.97 Å². The molecule has 0 aliphatic carbocycles. The van der Waals surface area contributed by atoms with Crippen LogP contribution in [0, 0.1) is 0 Å². The van der Waals surface area contributed by atoms with Gasteiger partial charge in [-0.05, 0) is 18.4 Å². The molecular formula is C16H20O4. The van der Waals surface area contributed by atoms with E-state index in [0.29, 0.717) is 18.6 Å². The molecule has 4 nitrogen and oxygen atoms in total. The maximum absolute atomic E-state index is 11.4. The molecular weight excluding hydrogens is 256 g/mol. The molecule has 0 fully saturated rings. The number of aliphatic hydroxyl groups is 1. The third kappa shape index (κ3) is 4.38. The maximum Gasteiger partial charge on any atom is 0.337 e. The van der Waals surface area contributed by atoms with Crippen LogP contribution in [0.15, 0.2) is 42.2 Å². The van der Waals surface area contributed by atoms with E-state index in [9.17, 15) is 9.90 Å². The largest absolute Gasteiger partial charge is 0.457 e. The monoisotopic (exact) mass is 276 g/mol. The molecule has 0 radical (unpaired) electrons. The molecule has 0 unspecified atom stereocenters. The number of rotatable bonds is 5. The SMILES string of the molecule is CC1(C)OC(=O)C=C(C[C@@H](O)CCc2ccccc2)O1. The number of esters is 1. The molecule has 1 aromatic carbocycles. The highest BCUT2D eigenvalue weighted by atomic mass is 16.7. The van der Waals surface area contributed by atoms with Gasteiger partial charge in [-0.25, -0.2) is 4.79 Å². The Hall–Kier alpha value is -1.81. The Kier molecular flexibility index (Phi) is 4.45. The first-order valence-electron chi connectivity index (χ1n) is 6.79. The van der Waals surface area contributed by atoms with Crippen LogP contribution in [0.4, 0.5) is 0 Å². The number of ether oxygens (including phenoxy) is 2. The Morgan fingerprint density at radius 1 is 1.20 bits per heavy atom. The number of hydrogen-bond acceptors (Lipinski definition) is 4. The Morgan fingerprint density at radius 2 is 1.90 bits per heavy atom. The number of carbonyl (C=O) groups excluding carboxylic acids is 1. The fraction of sp³-hybridized carbons (Fsp3) is 0.438. The minimum absolute atomic E-state index is 0.325. The van der Waals surface area contributed by atoms with Crippen molar-refractivity contribution in [3.05, 3.63) is 47.7 Å². The van der Waals surface area contributed by atoms with E-state index in [2.05, 4.69) is 0 Å². The number of benzene rings is 1. The number of carbonyl (C=O) groups is 1. The molecule has 4 heteroatoms. The van der Waals surface area contributed by atoms with Crippen molar-refractivity contribution < 1.29 is 19.4 Å². The van der Waals surface area contributed by atoms with Gasteiger partial charge in [0.25, 0.3) is 0 Å². The van der Waals surface area contributed by atoms with E-state index >= 15 is 0 Å². The molecule has 0 saturated carbocycles. The third-order valence-corrected chi connectivity index (χ3v) is 3.05. The van der Waals surface area contributed by atoms with Crippen molar-refractivity contribution in [3.8, 4) is 0 Å². The quantitative estimate of drug-likeness (QED) is 0.840. The van der Waals surface area contributed by atoms with Crippen LogP contribution in [0.3, 0.4) is 0 Å². The van der Waals surface area contributed by atoms with Crippen LogP contribution in [0.2, 0.25) is 0 Å². The number of cyclic esters (lactones) is 1. The highest BCUT2D eigenvalue weighted by Gasteiger charge is 2.30. The zero-order valence-electron chi connectivity index (χ0n) is 11.8. The lowest BCUT2D eigenvalue weighted by atomic mass is 10.0. The normalized spacial score (nSPS) is 18.8. The molecule has 0 saturated heterocycles. The van der Waals surface area contributed by atoms with E-state index < -0.39 is 17.9 Å². The maximum atomic E-state index is 11.4. The summed E-state index contributed by atoms with van der Waals surface area (Å²) in [4.78, 5) is 11.4. The van der Waals surface area contributed by atoms with E-state index in [0.717, 1.165) is 6.42 Å². The summed E-state index contributed by atoms with van der Waals surface area (Å²) >= 11 is 0. The van der Waals surface area contributed by atoms with Gasteiger partial charge in [-0.3, -0.25) is 0 Å². The highest BCUT2D eigenvalue weighted by Crippen LogP contribution is 2.25. The third-order valence-electron chi connectivity index (χ3n) is 3.05. The molecule has 0 spiro atoms. The standard InChI is InChI=1S/C16H20O4/c1-16(2)19-14(11-15(18)20-16)10-13(17)9-8-12-6-4-3-5-7-12/h3-7,11,13,17H,8-10H2,1-2H3/t13-/m0/s1. The van der Waals surface area contributed by atoms with Crippen molar-refractivity contribution in [2.45, 2.75) is 45.0 Å². The van der Waals surface area contributed by atoms with Crippen LogP contribution in [-0.2, 0) is 20.7 Å². The second kappa shape index (κ2) is 6.09. The van der Waals surface area contributed by atoms with Crippen molar-refractivity contribution in [2.24, 2.45) is 0 Å². The van der Waals surface area contributed by atoms with Crippen molar-refractivity contribution >= 4 is 5.97 Å². The van der Waals surface area contributed by atoms with Gasteiger partial charge in [-0.15, -0.1) is 0 Å². The first-order chi connectivity index (χ1) is 9.44. The molecule has 108 valence electrons. The summed E-state index contributed by atoms with van der Waals surface area (Å²) in [5.74, 6) is -0.904. The van der Waals surface area contributed by atoms with Gasteiger partial charge < -0.3 is 14.6 Å². The molecule has 0 amide bonds. The average molecular weight is 276 g/mol. The van der Waals surface area contributed by atoms with Crippen molar-refractivity contribution in [1.29, 1.82) is 0 Å². The first kappa shape index (κ1) is 14.6. The van der Waals surface area contributed by atoms with Crippen molar-refractivity contribution in [2.75, 3.05) is 0 Å². The molecule has 0 aromatic heterocycles. The van der Waals surface area contributed by atoms with Crippen LogP contribution >= 0.6 is 0 Å². The fourth-order valence-electron chi connectivity index (χ4n) is 2.18. The molecule has 2 rings (SSSR count). The van der Waals surface area contributed by atoms with Crippen LogP contribution in [0.5, 0.6) is 0 Å². The van der Waals surface area contributed by atoms with Gasteiger partial charge in [-0.2, -0.15) is 0 Å². The smallest absolute Gasteiger partial charge is 0.337 e. The zero-order valence-corrected chi connectivity index (χ0v) is 11.8. The summed E-state index contributed by atoms with van der Waals surface area (Å²) in [6, 6.07) is 9.99. The first-order valence-corrected chi connectivity index (χ1v) is 6.79. The Bertz CT molecular complexity index is 490. The number of aryl methyl sites for hydroxylation is 1. The molecule has 20 heavy (non-hydrogen) atoms. The van der Waals surface area contributed by atoms with Crippen LogP contribution < -0.4 is 0 Å². The minimum atomic E-state index is -0.958. The van der Waals surface area contributed by atoms with Crippen molar-refractivity contribution in [3.63, 3.8) is 0 Å². The number of aliphatic hydroxyl groups excluding tert-OH is 1. The summed E-state index contributed by atoms with van der Waals surface area (Å²) in [6.45, 7) is 3.35. The second-order valence-electron chi connectivity index (χ2n) is 5.42. The summed E-state index contributed by atoms with van der Waals surface area (Å²) in [6.07, 6.45) is 2.51. The lowest BCUT2D eigenvalue weighted by Gasteiger charge is -2.31. The van der Waals surface area contributed by atoms with Crippen molar-refractivity contribution in [1.82, 2.24) is 0 Å². The van der Waals surface area contributed by atoms with E-state index in [1.54, 1.807) is 13.8 Å². The molecule has 1 N–H and O–H groups in total. The molecule has 1 atom stereocenters. The lowest BCUT2D eigenvalue weighted by molar-refractivity contribution is -0.206. The molecule has 1 aliphatic heterocycles. The minimum Gasteiger partial charge on any atom is -0.457 e. The van der Waals surface area contributed by atoms with E-state index in [4.69, 9.17) is 9.47 Å². The molecule has 0 bridgehead atoms. The lowest BCUT2D eigenvalue weighted by Crippen LogP contribution is -2.35. The van der Waals surface area contributed by atoms with Gasteiger partial charge in [0, 0.05) is 20.3 Å². The number of hydrogen-bond donors (Lipinski definition) is 1. The van der Waals surface area contributed by atoms with Crippen LogP contribution in [0.1, 0.15) is 32.3 Å². The second-order valence-corrected chi connectivity index (χ2v) is 5.42. The summed E-state index contributed by atoms with van der Waals surface area (Å²) < 4.78 is 10.5. The average Bonchev–Trinajstić information content (AvgIpc) is 2.35. The highest BCUT2D eigenvalue weighted by molar-refractivity contribution is 5.83. The fourth-order valence-corrected chi connectivity index (χ4v) is 2.18. The van der Waals surface area contributed by atoms with E-state index in [1.165, 1.54) is 11.6 Å². The zero-order chi connectivity index (χ0) is 14.6. The Labute approximate surface area is 119 Å².